The van der Waals surface area contributed by atoms with E-state index in [1.165, 1.54) is 11.3 Å². The Labute approximate surface area is 94.0 Å². The average molecular weight is 231 g/mol. The summed E-state index contributed by atoms with van der Waals surface area (Å²) >= 11 is 1.70. The van der Waals surface area contributed by atoms with E-state index in [2.05, 4.69) is 0 Å². The van der Waals surface area contributed by atoms with Gasteiger partial charge < -0.3 is 10.0 Å². The summed E-state index contributed by atoms with van der Waals surface area (Å²) in [7, 11) is 1.68. The molecule has 1 N–H and O–H groups in total. The molecule has 1 heterocycles. The predicted octanol–water partition coefficient (Wildman–Crippen LogP) is 1.21. The molecule has 4 nitrogen and oxygen atoms in total. The number of hydrogen-bond acceptors (Lipinski definition) is 3. The molecule has 1 saturated heterocycles. The smallest absolute Gasteiger partial charge is 0.305 e. The van der Waals surface area contributed by atoms with Gasteiger partial charge in [0, 0.05) is 13.6 Å². The highest BCUT2D eigenvalue weighted by molar-refractivity contribution is 8.00. The molecule has 0 spiro atoms. The molecule has 0 radical (unpaired) electrons. The minimum Gasteiger partial charge on any atom is -0.481 e. The molecule has 15 heavy (non-hydrogen) atoms. The average Bonchev–Trinajstić information content (AvgIpc) is 2.26. The molecule has 0 aromatic rings. The van der Waals surface area contributed by atoms with E-state index >= 15 is 0 Å². The number of amides is 1. The Morgan fingerprint density at radius 2 is 2.20 bits per heavy atom. The van der Waals surface area contributed by atoms with Gasteiger partial charge in [-0.1, -0.05) is 6.42 Å². The van der Waals surface area contributed by atoms with Gasteiger partial charge in [0.05, 0.1) is 11.7 Å². The molecule has 1 aliphatic heterocycles. The van der Waals surface area contributed by atoms with Gasteiger partial charge in [0.1, 0.15) is 0 Å². The number of carbonyl (C=O) groups excluding carboxylic acids is 1. The lowest BCUT2D eigenvalue weighted by Crippen LogP contribution is -2.37. The standard InChI is InChI=1S/C10H17NO3S/c1-11(6-5-9(12)13)10(14)8-4-2-3-7-15-8/h8H,2-7H2,1H3,(H,12,13). The van der Waals surface area contributed by atoms with Crippen LogP contribution in [0.3, 0.4) is 0 Å². The van der Waals surface area contributed by atoms with E-state index in [9.17, 15) is 9.59 Å². The summed E-state index contributed by atoms with van der Waals surface area (Å²) in [6.07, 6.45) is 3.25. The predicted molar refractivity (Wildman–Crippen MR) is 60.0 cm³/mol. The summed E-state index contributed by atoms with van der Waals surface area (Å²) in [4.78, 5) is 23.7. The topological polar surface area (TPSA) is 57.6 Å². The zero-order chi connectivity index (χ0) is 11.3. The monoisotopic (exact) mass is 231 g/mol. The van der Waals surface area contributed by atoms with Crippen molar-refractivity contribution >= 4 is 23.6 Å². The molecule has 1 amide bonds. The molecular formula is C10H17NO3S. The van der Waals surface area contributed by atoms with E-state index in [0.717, 1.165) is 18.6 Å². The summed E-state index contributed by atoms with van der Waals surface area (Å²) in [5.41, 5.74) is 0. The van der Waals surface area contributed by atoms with Crippen molar-refractivity contribution in [2.24, 2.45) is 0 Å². The highest BCUT2D eigenvalue weighted by atomic mass is 32.2. The lowest BCUT2D eigenvalue weighted by molar-refractivity contribution is -0.138. The number of hydrogen-bond donors (Lipinski definition) is 1. The van der Waals surface area contributed by atoms with Crippen molar-refractivity contribution in [1.82, 2.24) is 4.90 Å². The molecule has 5 heteroatoms. The van der Waals surface area contributed by atoms with Gasteiger partial charge >= 0.3 is 5.97 Å². The third-order valence-corrected chi connectivity index (χ3v) is 3.86. The minimum absolute atomic E-state index is 0.0274. The quantitative estimate of drug-likeness (QED) is 0.790. The Morgan fingerprint density at radius 3 is 2.73 bits per heavy atom. The van der Waals surface area contributed by atoms with Crippen LogP contribution in [0.2, 0.25) is 0 Å². The minimum atomic E-state index is -0.856. The summed E-state index contributed by atoms with van der Waals surface area (Å²) < 4.78 is 0. The Kier molecular flexibility index (Phi) is 4.94. The number of carboxylic acid groups (broad SMARTS) is 1. The van der Waals surface area contributed by atoms with Crippen LogP contribution in [0.25, 0.3) is 0 Å². The molecule has 1 aliphatic rings. The van der Waals surface area contributed by atoms with Crippen LogP contribution >= 0.6 is 11.8 Å². The highest BCUT2D eigenvalue weighted by Gasteiger charge is 2.24. The third kappa shape index (κ3) is 4.11. The number of aliphatic carboxylic acids is 1. The number of thioether (sulfide) groups is 1. The second kappa shape index (κ2) is 6.00. The van der Waals surface area contributed by atoms with Gasteiger partial charge in [-0.15, -0.1) is 11.8 Å². The van der Waals surface area contributed by atoms with E-state index in [1.807, 2.05) is 0 Å². The zero-order valence-corrected chi connectivity index (χ0v) is 9.76. The molecule has 1 atom stereocenters. The fourth-order valence-electron chi connectivity index (χ4n) is 1.55. The summed E-state index contributed by atoms with van der Waals surface area (Å²) in [6.45, 7) is 0.311. The number of rotatable bonds is 4. The SMILES string of the molecule is CN(CCC(=O)O)C(=O)C1CCCCS1. The van der Waals surface area contributed by atoms with Gasteiger partial charge in [0.2, 0.25) is 5.91 Å². The maximum Gasteiger partial charge on any atom is 0.305 e. The molecule has 0 aliphatic carbocycles. The molecule has 86 valence electrons. The number of carboxylic acids is 1. The Balaban J connectivity index is 2.33. The first-order valence-corrected chi connectivity index (χ1v) is 6.24. The van der Waals surface area contributed by atoms with Crippen molar-refractivity contribution in [2.45, 2.75) is 30.9 Å². The Bertz CT molecular complexity index is 239. The van der Waals surface area contributed by atoms with Gasteiger partial charge in [-0.05, 0) is 18.6 Å². The van der Waals surface area contributed by atoms with Crippen LogP contribution in [-0.2, 0) is 9.59 Å². The second-order valence-corrected chi connectivity index (χ2v) is 5.07. The highest BCUT2D eigenvalue weighted by Crippen LogP contribution is 2.26. The van der Waals surface area contributed by atoms with Crippen LogP contribution in [0.4, 0.5) is 0 Å². The van der Waals surface area contributed by atoms with Gasteiger partial charge in [0.25, 0.3) is 0 Å². The third-order valence-electron chi connectivity index (χ3n) is 2.49. The maximum atomic E-state index is 11.8. The summed E-state index contributed by atoms with van der Waals surface area (Å²) in [5, 5.41) is 8.56. The van der Waals surface area contributed by atoms with Gasteiger partial charge in [-0.3, -0.25) is 9.59 Å². The normalized spacial score (nSPS) is 21.0. The molecule has 0 aromatic carbocycles. The maximum absolute atomic E-state index is 11.8. The van der Waals surface area contributed by atoms with Crippen molar-refractivity contribution in [3.8, 4) is 0 Å². The lowest BCUT2D eigenvalue weighted by atomic mass is 10.1. The Hall–Kier alpha value is -0.710. The molecule has 0 bridgehead atoms. The van der Waals surface area contributed by atoms with Crippen molar-refractivity contribution in [2.75, 3.05) is 19.3 Å². The molecule has 0 saturated carbocycles. The molecule has 1 rings (SSSR count). The van der Waals surface area contributed by atoms with Crippen molar-refractivity contribution < 1.29 is 14.7 Å². The van der Waals surface area contributed by atoms with Crippen LogP contribution in [0.1, 0.15) is 25.7 Å². The van der Waals surface area contributed by atoms with E-state index in [1.54, 1.807) is 18.8 Å². The molecule has 0 aromatic heterocycles. The van der Waals surface area contributed by atoms with Crippen LogP contribution in [0, 0.1) is 0 Å². The lowest BCUT2D eigenvalue weighted by Gasteiger charge is -2.25. The molecule has 1 unspecified atom stereocenters. The van der Waals surface area contributed by atoms with Crippen LogP contribution in [-0.4, -0.2) is 46.5 Å². The first kappa shape index (κ1) is 12.4. The molecule has 1 fully saturated rings. The van der Waals surface area contributed by atoms with Crippen LogP contribution < -0.4 is 0 Å². The second-order valence-electron chi connectivity index (χ2n) is 3.76. The van der Waals surface area contributed by atoms with E-state index in [-0.39, 0.29) is 17.6 Å². The number of carbonyl (C=O) groups is 2. The number of nitrogens with zero attached hydrogens (tertiary/aromatic N) is 1. The first-order valence-electron chi connectivity index (χ1n) is 5.19. The van der Waals surface area contributed by atoms with Crippen molar-refractivity contribution in [3.63, 3.8) is 0 Å². The van der Waals surface area contributed by atoms with Gasteiger partial charge in [-0.2, -0.15) is 0 Å². The van der Waals surface area contributed by atoms with Crippen molar-refractivity contribution in [1.29, 1.82) is 0 Å². The first-order chi connectivity index (χ1) is 7.11. The van der Waals surface area contributed by atoms with Gasteiger partial charge in [-0.25, -0.2) is 0 Å². The summed E-state index contributed by atoms with van der Waals surface area (Å²) in [6, 6.07) is 0. The fourth-order valence-corrected chi connectivity index (χ4v) is 2.87. The van der Waals surface area contributed by atoms with Crippen LogP contribution in [0.15, 0.2) is 0 Å². The Morgan fingerprint density at radius 1 is 1.47 bits per heavy atom. The van der Waals surface area contributed by atoms with Crippen LogP contribution in [0.5, 0.6) is 0 Å². The van der Waals surface area contributed by atoms with Crippen molar-refractivity contribution in [3.05, 3.63) is 0 Å². The van der Waals surface area contributed by atoms with E-state index in [0.29, 0.717) is 6.54 Å². The van der Waals surface area contributed by atoms with E-state index < -0.39 is 5.97 Å². The zero-order valence-electron chi connectivity index (χ0n) is 8.94. The fraction of sp³-hybridized carbons (Fsp3) is 0.800. The largest absolute Gasteiger partial charge is 0.481 e. The van der Waals surface area contributed by atoms with E-state index in [4.69, 9.17) is 5.11 Å². The van der Waals surface area contributed by atoms with Gasteiger partial charge in [0.15, 0.2) is 0 Å². The summed E-state index contributed by atoms with van der Waals surface area (Å²) in [5.74, 6) is 0.273. The molecular weight excluding hydrogens is 214 g/mol.